The summed E-state index contributed by atoms with van der Waals surface area (Å²) in [5, 5.41) is 9.79. The number of carbonyl (C=O) groups excluding carboxylic acids is 2. The van der Waals surface area contributed by atoms with E-state index in [1.807, 2.05) is 54.6 Å². The quantitative estimate of drug-likeness (QED) is 0.465. The van der Waals surface area contributed by atoms with E-state index in [2.05, 4.69) is 0 Å². The van der Waals surface area contributed by atoms with Crippen LogP contribution in [0.3, 0.4) is 0 Å². The van der Waals surface area contributed by atoms with E-state index in [1.165, 1.54) is 23.1 Å². The number of anilines is 1. The van der Waals surface area contributed by atoms with Crippen molar-refractivity contribution in [2.24, 2.45) is 0 Å². The third-order valence-corrected chi connectivity index (χ3v) is 7.25. The van der Waals surface area contributed by atoms with Crippen molar-refractivity contribution in [2.45, 2.75) is 31.1 Å². The number of rotatable bonds is 5. The summed E-state index contributed by atoms with van der Waals surface area (Å²) in [4.78, 5) is 40.6. The number of aromatic carboxylic acids is 1. The second kappa shape index (κ2) is 9.63. The van der Waals surface area contributed by atoms with Gasteiger partial charge < -0.3 is 9.84 Å². The number of methoxy groups -OCH3 is 1. The fourth-order valence-corrected chi connectivity index (χ4v) is 5.44. The van der Waals surface area contributed by atoms with Crippen LogP contribution in [-0.4, -0.2) is 29.9 Å². The number of Topliss-reactive ketones (excluding diaryl/α,β-unsaturated/α-hetero) is 1. The Hall–Kier alpha value is -3.90. The smallest absolute Gasteiger partial charge is 0.335 e. The first-order valence-electron chi connectivity index (χ1n) is 11.7. The van der Waals surface area contributed by atoms with Gasteiger partial charge in [0.25, 0.3) is 0 Å². The fourth-order valence-electron chi connectivity index (χ4n) is 5.24. The molecule has 0 fully saturated rings. The maximum Gasteiger partial charge on any atom is 0.335 e. The number of amides is 1. The van der Waals surface area contributed by atoms with Crippen molar-refractivity contribution in [3.05, 3.63) is 106 Å². The molecule has 0 aromatic heterocycles. The summed E-state index contributed by atoms with van der Waals surface area (Å²) in [6, 6.07) is 21.4. The zero-order chi connectivity index (χ0) is 25.4. The molecule has 2 atom stereocenters. The molecule has 182 valence electrons. The molecule has 0 spiro atoms. The average molecular weight is 502 g/mol. The highest BCUT2D eigenvalue weighted by Gasteiger charge is 2.43. The molecule has 6 nitrogen and oxygen atoms in total. The molecule has 36 heavy (non-hydrogen) atoms. The van der Waals surface area contributed by atoms with Gasteiger partial charge in [0.05, 0.1) is 23.4 Å². The molecule has 3 aromatic rings. The Bertz CT molecular complexity index is 1400. The van der Waals surface area contributed by atoms with Gasteiger partial charge in [0.15, 0.2) is 5.78 Å². The first-order valence-corrected chi connectivity index (χ1v) is 12.1. The first-order chi connectivity index (χ1) is 17.4. The van der Waals surface area contributed by atoms with Crippen molar-refractivity contribution in [1.29, 1.82) is 0 Å². The number of hydrogen-bond acceptors (Lipinski definition) is 4. The zero-order valence-corrected chi connectivity index (χ0v) is 20.4. The largest absolute Gasteiger partial charge is 0.497 e. The van der Waals surface area contributed by atoms with Crippen LogP contribution in [0.1, 0.15) is 52.6 Å². The van der Waals surface area contributed by atoms with Crippen LogP contribution in [0.15, 0.2) is 84.1 Å². The highest BCUT2D eigenvalue weighted by Crippen LogP contribution is 2.48. The summed E-state index contributed by atoms with van der Waals surface area (Å²) in [7, 11) is 1.57. The van der Waals surface area contributed by atoms with Crippen molar-refractivity contribution in [3.8, 4) is 5.75 Å². The van der Waals surface area contributed by atoms with Gasteiger partial charge in [-0.05, 0) is 53.8 Å². The Morgan fingerprint density at radius 3 is 2.42 bits per heavy atom. The molecule has 2 unspecified atom stereocenters. The number of ketones is 1. The number of carboxylic acids is 1. The maximum atomic E-state index is 13.7. The van der Waals surface area contributed by atoms with E-state index in [0.717, 1.165) is 11.1 Å². The Labute approximate surface area is 213 Å². The molecular formula is C29H24ClNO5. The molecule has 5 rings (SSSR count). The molecule has 1 amide bonds. The predicted octanol–water partition coefficient (Wildman–Crippen LogP) is 5.97. The summed E-state index contributed by atoms with van der Waals surface area (Å²) >= 11 is 6.50. The lowest BCUT2D eigenvalue weighted by Gasteiger charge is -2.41. The van der Waals surface area contributed by atoms with Crippen LogP contribution in [-0.2, 0) is 9.59 Å². The summed E-state index contributed by atoms with van der Waals surface area (Å²) in [6.45, 7) is 0. The number of carboxylic acid groups (broad SMARTS) is 1. The average Bonchev–Trinajstić information content (AvgIpc) is 2.89. The van der Waals surface area contributed by atoms with Gasteiger partial charge in [-0.3, -0.25) is 14.5 Å². The molecule has 7 heteroatoms. The van der Waals surface area contributed by atoms with Crippen LogP contribution in [0.4, 0.5) is 5.69 Å². The predicted molar refractivity (Wildman–Crippen MR) is 137 cm³/mol. The second-order valence-electron chi connectivity index (χ2n) is 9.03. The van der Waals surface area contributed by atoms with Crippen molar-refractivity contribution in [2.75, 3.05) is 12.0 Å². The van der Waals surface area contributed by atoms with Crippen molar-refractivity contribution in [3.63, 3.8) is 0 Å². The van der Waals surface area contributed by atoms with E-state index in [1.54, 1.807) is 7.11 Å². The third kappa shape index (κ3) is 4.29. The zero-order valence-electron chi connectivity index (χ0n) is 19.6. The van der Waals surface area contributed by atoms with Crippen LogP contribution in [0.25, 0.3) is 0 Å². The Morgan fingerprint density at radius 2 is 1.69 bits per heavy atom. The van der Waals surface area contributed by atoms with Crippen LogP contribution in [0.5, 0.6) is 5.75 Å². The molecule has 1 heterocycles. The van der Waals surface area contributed by atoms with Gasteiger partial charge in [-0.15, -0.1) is 0 Å². The minimum Gasteiger partial charge on any atom is -0.497 e. The molecule has 2 aliphatic rings. The van der Waals surface area contributed by atoms with Crippen LogP contribution >= 0.6 is 11.6 Å². The molecule has 1 N–H and O–H groups in total. The molecule has 1 aliphatic heterocycles. The number of ether oxygens (including phenoxy) is 1. The normalized spacial score (nSPS) is 19.8. The van der Waals surface area contributed by atoms with E-state index in [-0.39, 0.29) is 40.3 Å². The van der Waals surface area contributed by atoms with E-state index in [4.69, 9.17) is 16.3 Å². The Morgan fingerprint density at radius 1 is 0.944 bits per heavy atom. The van der Waals surface area contributed by atoms with Gasteiger partial charge >= 0.3 is 5.97 Å². The van der Waals surface area contributed by atoms with Gasteiger partial charge in [0.2, 0.25) is 5.91 Å². The Kier molecular flexibility index (Phi) is 6.37. The van der Waals surface area contributed by atoms with E-state index < -0.39 is 11.9 Å². The number of carbonyl (C=O) groups is 3. The number of hydrogen-bond donors (Lipinski definition) is 1. The van der Waals surface area contributed by atoms with Gasteiger partial charge in [0.1, 0.15) is 5.75 Å². The molecule has 0 saturated heterocycles. The van der Waals surface area contributed by atoms with Crippen LogP contribution < -0.4 is 9.64 Å². The molecule has 1 aliphatic carbocycles. The van der Waals surface area contributed by atoms with Gasteiger partial charge in [0, 0.05) is 30.0 Å². The Balaban J connectivity index is 1.69. The maximum absolute atomic E-state index is 13.7. The van der Waals surface area contributed by atoms with Crippen molar-refractivity contribution < 1.29 is 24.2 Å². The lowest BCUT2D eigenvalue weighted by Crippen LogP contribution is -2.42. The minimum absolute atomic E-state index is 0.0148. The lowest BCUT2D eigenvalue weighted by molar-refractivity contribution is -0.120. The standard InChI is InChI=1S/C29H24ClNO5/c1-36-21-9-5-8-18(12-21)22-16-27(33)31(24-13-19(29(34)35)10-11-23(24)30)25-14-20(15-26(32)28(22)25)17-6-3-2-4-7-17/h2-13,20,22H,14-16H2,1H3,(H,34,35). The summed E-state index contributed by atoms with van der Waals surface area (Å²) in [5.74, 6) is -1.29. The minimum atomic E-state index is -1.12. The lowest BCUT2D eigenvalue weighted by atomic mass is 9.72. The van der Waals surface area contributed by atoms with Gasteiger partial charge in [-0.25, -0.2) is 4.79 Å². The number of halogens is 1. The van der Waals surface area contributed by atoms with Crippen molar-refractivity contribution >= 4 is 34.9 Å². The van der Waals surface area contributed by atoms with Gasteiger partial charge in [-0.2, -0.15) is 0 Å². The highest BCUT2D eigenvalue weighted by molar-refractivity contribution is 6.34. The second-order valence-corrected chi connectivity index (χ2v) is 9.44. The number of nitrogens with zero attached hydrogens (tertiary/aromatic N) is 1. The monoisotopic (exact) mass is 501 g/mol. The molecule has 3 aromatic carbocycles. The van der Waals surface area contributed by atoms with E-state index >= 15 is 0 Å². The van der Waals surface area contributed by atoms with E-state index in [0.29, 0.717) is 29.9 Å². The summed E-state index contributed by atoms with van der Waals surface area (Å²) in [5.41, 5.74) is 3.28. The van der Waals surface area contributed by atoms with Gasteiger partial charge in [-0.1, -0.05) is 54.1 Å². The number of allylic oxidation sites excluding steroid dienone is 2. The van der Waals surface area contributed by atoms with Crippen molar-refractivity contribution in [1.82, 2.24) is 0 Å². The summed E-state index contributed by atoms with van der Waals surface area (Å²) < 4.78 is 5.38. The van der Waals surface area contributed by atoms with E-state index in [9.17, 15) is 19.5 Å². The van der Waals surface area contributed by atoms with Crippen LogP contribution in [0, 0.1) is 0 Å². The molecular weight excluding hydrogens is 478 g/mol. The first kappa shape index (κ1) is 23.8. The topological polar surface area (TPSA) is 83.9 Å². The summed E-state index contributed by atoms with van der Waals surface area (Å²) in [6.07, 6.45) is 0.834. The molecule has 0 bridgehead atoms. The molecule has 0 saturated carbocycles. The SMILES string of the molecule is COc1cccc(C2CC(=O)N(c3cc(C(=O)O)ccc3Cl)C3=C2C(=O)CC(c2ccccc2)C3)c1. The van der Waals surface area contributed by atoms with Crippen LogP contribution in [0.2, 0.25) is 5.02 Å². The molecule has 0 radical (unpaired) electrons. The number of benzene rings is 3. The fraction of sp³-hybridized carbons (Fsp3) is 0.207. The third-order valence-electron chi connectivity index (χ3n) is 6.93. The highest BCUT2D eigenvalue weighted by atomic mass is 35.5.